The van der Waals surface area contributed by atoms with Crippen molar-refractivity contribution in [1.29, 1.82) is 0 Å². The van der Waals surface area contributed by atoms with E-state index in [9.17, 15) is 0 Å². The van der Waals surface area contributed by atoms with Crippen molar-refractivity contribution in [1.82, 2.24) is 0 Å². The number of rotatable bonds is 4. The molecule has 0 spiro atoms. The monoisotopic (exact) mass is 565 g/mol. The van der Waals surface area contributed by atoms with Crippen LogP contribution in [0.15, 0.2) is 91.0 Å². The third-order valence-electron chi connectivity index (χ3n) is 3.77. The van der Waals surface area contributed by atoms with Crippen LogP contribution in [0.2, 0.25) is 0 Å². The van der Waals surface area contributed by atoms with Gasteiger partial charge in [-0.25, -0.2) is 0 Å². The Balaban J connectivity index is 0.00000132. The fourth-order valence-corrected chi connectivity index (χ4v) is 9.60. The fraction of sp³-hybridized carbons (Fsp3) is 0.0526. The maximum absolute atomic E-state index is 2.56. The van der Waals surface area contributed by atoms with E-state index in [2.05, 4.69) is 114 Å². The topological polar surface area (TPSA) is 0 Å². The summed E-state index contributed by atoms with van der Waals surface area (Å²) in [7, 11) is -1.55. The van der Waals surface area contributed by atoms with Crippen LogP contribution >= 0.6 is 63.7 Å². The van der Waals surface area contributed by atoms with E-state index in [1.54, 1.807) is 0 Å². The van der Waals surface area contributed by atoms with E-state index in [-0.39, 0.29) is 33.9 Å². The average molecular weight is 565 g/mol. The Morgan fingerprint density at radius 2 is 0.826 bits per heavy atom. The molecule has 0 aliphatic rings. The summed E-state index contributed by atoms with van der Waals surface area (Å²) >= 11 is 2.56. The van der Waals surface area contributed by atoms with Gasteiger partial charge in [-0.1, -0.05) is 54.6 Å². The molecule has 0 amide bonds. The highest BCUT2D eigenvalue weighted by Crippen LogP contribution is 2.56. The Bertz CT molecular complexity index is 592. The van der Waals surface area contributed by atoms with Gasteiger partial charge in [0.15, 0.2) is 0 Å². The molecule has 0 fully saturated rings. The molecule has 0 aliphatic carbocycles. The number of halogens is 2. The van der Waals surface area contributed by atoms with Gasteiger partial charge in [-0.3, -0.25) is 0 Å². The molecule has 0 radical (unpaired) electrons. The molecule has 0 nitrogen and oxygen atoms in total. The highest BCUT2D eigenvalue weighted by molar-refractivity contribution is 14.1. The van der Waals surface area contributed by atoms with Gasteiger partial charge in [0.05, 0.1) is 0 Å². The van der Waals surface area contributed by atoms with Crippen molar-refractivity contribution in [3.63, 3.8) is 0 Å². The van der Waals surface area contributed by atoms with Gasteiger partial charge in [0, 0.05) is 0 Å². The lowest BCUT2D eigenvalue weighted by atomic mass is 10.4. The molecule has 1 atom stereocenters. The quantitative estimate of drug-likeness (QED) is 0.236. The molecule has 3 aromatic rings. The summed E-state index contributed by atoms with van der Waals surface area (Å²) in [5, 5.41) is 4.37. The van der Waals surface area contributed by atoms with E-state index < -0.39 is 7.26 Å². The molecule has 0 saturated carbocycles. The Kier molecular flexibility index (Phi) is 9.21. The third-order valence-corrected chi connectivity index (χ3v) is 10.7. The maximum Gasteiger partial charge on any atom is 0.124 e. The minimum absolute atomic E-state index is 0. The minimum atomic E-state index is -1.55. The first kappa shape index (κ1) is 21.0. The predicted octanol–water partition coefficient (Wildman–Crippen LogP) is 5.05. The highest BCUT2D eigenvalue weighted by Gasteiger charge is 2.43. The second kappa shape index (κ2) is 10.1. The lowest BCUT2D eigenvalue weighted by Gasteiger charge is -2.25. The van der Waals surface area contributed by atoms with Crippen LogP contribution in [0.4, 0.5) is 0 Å². The number of hydrogen-bond acceptors (Lipinski definition) is 0. The van der Waals surface area contributed by atoms with Crippen LogP contribution in [0.25, 0.3) is 0 Å². The predicted molar refractivity (Wildman–Crippen MR) is 131 cm³/mol. The second-order valence-electron chi connectivity index (χ2n) is 4.94. The molecule has 0 saturated heterocycles. The Labute approximate surface area is 173 Å². The SMILES string of the molecule is I.IC[P+](c1ccccc1)(c1ccccc1)c1ccccc1.P. The van der Waals surface area contributed by atoms with E-state index in [0.717, 1.165) is 4.17 Å². The van der Waals surface area contributed by atoms with Crippen LogP contribution in [-0.2, 0) is 0 Å². The number of benzene rings is 3. The summed E-state index contributed by atoms with van der Waals surface area (Å²) < 4.78 is 1.11. The summed E-state index contributed by atoms with van der Waals surface area (Å²) in [6.07, 6.45) is 0. The third kappa shape index (κ3) is 4.34. The fourth-order valence-electron chi connectivity index (χ4n) is 2.70. The van der Waals surface area contributed by atoms with Gasteiger partial charge < -0.3 is 0 Å². The lowest BCUT2D eigenvalue weighted by Crippen LogP contribution is -2.31. The molecule has 0 N–H and O–H groups in total. The molecule has 0 aliphatic heterocycles. The van der Waals surface area contributed by atoms with Crippen LogP contribution in [0.3, 0.4) is 0 Å². The molecule has 0 heterocycles. The first-order chi connectivity index (χ1) is 10.4. The maximum atomic E-state index is 2.56. The molecule has 0 bridgehead atoms. The summed E-state index contributed by atoms with van der Waals surface area (Å²) in [4.78, 5) is 0. The lowest BCUT2D eigenvalue weighted by molar-refractivity contribution is 1.71. The Morgan fingerprint density at radius 1 is 0.565 bits per heavy atom. The van der Waals surface area contributed by atoms with Crippen LogP contribution in [0, 0.1) is 0 Å². The molecular weight excluding hydrogens is 544 g/mol. The van der Waals surface area contributed by atoms with Crippen LogP contribution in [-0.4, -0.2) is 4.17 Å². The highest BCUT2D eigenvalue weighted by atomic mass is 127. The molecule has 120 valence electrons. The molecule has 4 heteroatoms. The van der Waals surface area contributed by atoms with Crippen molar-refractivity contribution in [2.75, 3.05) is 4.17 Å². The van der Waals surface area contributed by atoms with Gasteiger partial charge in [-0.05, 0) is 59.0 Å². The zero-order chi connectivity index (χ0) is 14.5. The summed E-state index contributed by atoms with van der Waals surface area (Å²) in [5.41, 5.74) is 0. The smallest absolute Gasteiger partial charge is 0.124 e. The largest absolute Gasteiger partial charge is 0.153 e. The average Bonchev–Trinajstić information content (AvgIpc) is 2.59. The van der Waals surface area contributed by atoms with E-state index in [1.807, 2.05) is 0 Å². The van der Waals surface area contributed by atoms with Crippen molar-refractivity contribution in [3.05, 3.63) is 91.0 Å². The zero-order valence-electron chi connectivity index (χ0n) is 12.8. The molecule has 3 rings (SSSR count). The van der Waals surface area contributed by atoms with Gasteiger partial charge in [0.1, 0.15) is 27.3 Å². The van der Waals surface area contributed by atoms with Crippen molar-refractivity contribution >= 4 is 79.6 Å². The van der Waals surface area contributed by atoms with E-state index in [0.29, 0.717) is 0 Å². The summed E-state index contributed by atoms with van der Waals surface area (Å²) in [5.74, 6) is 0. The minimum Gasteiger partial charge on any atom is -0.153 e. The van der Waals surface area contributed by atoms with Gasteiger partial charge in [-0.2, -0.15) is 9.90 Å². The van der Waals surface area contributed by atoms with Crippen molar-refractivity contribution in [2.45, 2.75) is 0 Å². The number of hydrogen-bond donors (Lipinski definition) is 0. The molecule has 0 aromatic heterocycles. The van der Waals surface area contributed by atoms with E-state index in [1.165, 1.54) is 15.9 Å². The number of alkyl halides is 1. The van der Waals surface area contributed by atoms with Crippen molar-refractivity contribution in [3.8, 4) is 0 Å². The molecule has 23 heavy (non-hydrogen) atoms. The summed E-state index contributed by atoms with van der Waals surface area (Å²) in [6, 6.07) is 32.9. The standard InChI is InChI=1S/C19H17IP.HI.H3P/c20-16-21(17-10-4-1-5-11-17,18-12-6-2-7-13-18)19-14-8-3-9-15-19;;/h1-15H,16H2;1H;1H3/q+1;;. The Morgan fingerprint density at radius 3 is 1.04 bits per heavy atom. The normalized spacial score (nSPS) is 10.3. The van der Waals surface area contributed by atoms with Gasteiger partial charge in [-0.15, -0.1) is 24.0 Å². The van der Waals surface area contributed by atoms with Gasteiger partial charge in [0.2, 0.25) is 0 Å². The zero-order valence-corrected chi connectivity index (χ0v) is 19.6. The van der Waals surface area contributed by atoms with Gasteiger partial charge in [0.25, 0.3) is 0 Å². The van der Waals surface area contributed by atoms with Crippen molar-refractivity contribution < 1.29 is 0 Å². The van der Waals surface area contributed by atoms with Crippen molar-refractivity contribution in [2.24, 2.45) is 0 Å². The van der Waals surface area contributed by atoms with E-state index >= 15 is 0 Å². The van der Waals surface area contributed by atoms with Gasteiger partial charge >= 0.3 is 0 Å². The second-order valence-corrected chi connectivity index (χ2v) is 10.4. The first-order valence-corrected chi connectivity index (χ1v) is 10.5. The van der Waals surface area contributed by atoms with Crippen LogP contribution in [0.5, 0.6) is 0 Å². The summed E-state index contributed by atoms with van der Waals surface area (Å²) in [6.45, 7) is 0. The first-order valence-electron chi connectivity index (χ1n) is 6.99. The molecule has 1 unspecified atom stereocenters. The molecular formula is C19H21I2P2+. The molecule has 3 aromatic carbocycles. The van der Waals surface area contributed by atoms with Crippen LogP contribution in [0.1, 0.15) is 0 Å². The van der Waals surface area contributed by atoms with E-state index in [4.69, 9.17) is 0 Å². The Hall–Kier alpha value is -0.0200. The van der Waals surface area contributed by atoms with Crippen LogP contribution < -0.4 is 15.9 Å².